The summed E-state index contributed by atoms with van der Waals surface area (Å²) in [7, 11) is 1.42. The normalized spacial score (nSPS) is 12.0. The molecule has 1 aromatic carbocycles. The van der Waals surface area contributed by atoms with Gasteiger partial charge in [-0.25, -0.2) is 4.98 Å². The van der Waals surface area contributed by atoms with Crippen molar-refractivity contribution in [2.24, 2.45) is 0 Å². The molecule has 0 aliphatic carbocycles. The highest BCUT2D eigenvalue weighted by molar-refractivity contribution is 6.48. The number of phenols is 1. The van der Waals surface area contributed by atoms with Crippen molar-refractivity contribution in [2.45, 2.75) is 38.9 Å². The Hall–Kier alpha value is -2.30. The summed E-state index contributed by atoms with van der Waals surface area (Å²) in [6, 6.07) is 6.96. The van der Waals surface area contributed by atoms with Crippen molar-refractivity contribution in [3.63, 3.8) is 0 Å². The highest BCUT2D eigenvalue weighted by atomic mass is 16.5. The van der Waals surface area contributed by atoms with Crippen molar-refractivity contribution >= 4 is 12.9 Å². The molecule has 0 bridgehead atoms. The van der Waals surface area contributed by atoms with E-state index in [0.717, 1.165) is 0 Å². The minimum absolute atomic E-state index is 0.0289. The van der Waals surface area contributed by atoms with Gasteiger partial charge < -0.3 is 19.4 Å². The van der Waals surface area contributed by atoms with Crippen LogP contribution >= 0.6 is 0 Å². The van der Waals surface area contributed by atoms with Gasteiger partial charge in [-0.2, -0.15) is 5.26 Å². The third-order valence-electron chi connectivity index (χ3n) is 3.96. The van der Waals surface area contributed by atoms with Crippen LogP contribution in [0.4, 0.5) is 0 Å². The highest BCUT2D eigenvalue weighted by Gasteiger charge is 2.35. The lowest BCUT2D eigenvalue weighted by Gasteiger charge is -2.37. The van der Waals surface area contributed by atoms with Crippen LogP contribution < -0.4 is 5.46 Å². The molecule has 0 fully saturated rings. The number of imidazole rings is 1. The Morgan fingerprint density at radius 1 is 1.30 bits per heavy atom. The Morgan fingerprint density at radius 3 is 2.52 bits per heavy atom. The zero-order valence-corrected chi connectivity index (χ0v) is 13.6. The van der Waals surface area contributed by atoms with Gasteiger partial charge in [-0.3, -0.25) is 0 Å². The molecule has 7 heteroatoms. The number of aliphatic hydroxyl groups is 1. The maximum Gasteiger partial charge on any atom is 0.334 e. The van der Waals surface area contributed by atoms with Crippen LogP contribution in [0.15, 0.2) is 30.7 Å². The van der Waals surface area contributed by atoms with E-state index in [1.165, 1.54) is 13.8 Å². The molecule has 0 atom stereocenters. The van der Waals surface area contributed by atoms with Gasteiger partial charge in [0, 0.05) is 12.3 Å². The Bertz CT molecular complexity index is 742. The molecule has 2 aromatic rings. The molecule has 0 aliphatic heterocycles. The van der Waals surface area contributed by atoms with Gasteiger partial charge in [0.1, 0.15) is 18.1 Å². The molecule has 0 saturated carbocycles. The maximum atomic E-state index is 10.1. The largest absolute Gasteiger partial charge is 0.508 e. The van der Waals surface area contributed by atoms with E-state index >= 15 is 0 Å². The van der Waals surface area contributed by atoms with Crippen molar-refractivity contribution in [3.05, 3.63) is 36.4 Å². The first-order chi connectivity index (χ1) is 10.6. The van der Waals surface area contributed by atoms with Gasteiger partial charge >= 0.3 is 7.48 Å². The summed E-state index contributed by atoms with van der Waals surface area (Å²) in [5.74, 6) is 0.0289. The van der Waals surface area contributed by atoms with Crippen LogP contribution in [-0.2, 0) is 4.65 Å². The SMILES string of the molecule is CC(C)(O)C(C)(C)O[B]c1ccc(-n2cnc(C#N)c2)cc1O. The molecular formula is C16H19BN3O3. The Balaban J connectivity index is 2.16. The lowest BCUT2D eigenvalue weighted by atomic mass is 9.82. The second-order valence-electron chi connectivity index (χ2n) is 6.33. The Kier molecular flexibility index (Phi) is 4.50. The average molecular weight is 312 g/mol. The molecule has 6 nitrogen and oxygen atoms in total. The van der Waals surface area contributed by atoms with Crippen LogP contribution in [0.2, 0.25) is 0 Å². The van der Waals surface area contributed by atoms with Gasteiger partial charge in [0.2, 0.25) is 0 Å². The van der Waals surface area contributed by atoms with Crippen LogP contribution in [0.1, 0.15) is 33.4 Å². The first kappa shape index (κ1) is 17.1. The number of nitrogens with zero attached hydrogens (tertiary/aromatic N) is 3. The molecular weight excluding hydrogens is 293 g/mol. The monoisotopic (exact) mass is 312 g/mol. The van der Waals surface area contributed by atoms with E-state index in [9.17, 15) is 10.2 Å². The third kappa shape index (κ3) is 3.73. The number of rotatable bonds is 5. The molecule has 0 amide bonds. The maximum absolute atomic E-state index is 10.1. The number of aromatic hydroxyl groups is 1. The van der Waals surface area contributed by atoms with E-state index in [-0.39, 0.29) is 5.75 Å². The van der Waals surface area contributed by atoms with Crippen LogP contribution in [0, 0.1) is 11.3 Å². The first-order valence-electron chi connectivity index (χ1n) is 7.15. The summed E-state index contributed by atoms with van der Waals surface area (Å²) in [4.78, 5) is 3.92. The molecule has 119 valence electrons. The van der Waals surface area contributed by atoms with Crippen molar-refractivity contribution < 1.29 is 14.9 Å². The lowest BCUT2D eigenvalue weighted by Crippen LogP contribution is -2.49. The predicted octanol–water partition coefficient (Wildman–Crippen LogP) is 1.26. The number of hydrogen-bond acceptors (Lipinski definition) is 5. The highest BCUT2D eigenvalue weighted by Crippen LogP contribution is 2.24. The zero-order valence-electron chi connectivity index (χ0n) is 13.6. The van der Waals surface area contributed by atoms with E-state index in [1.807, 2.05) is 6.07 Å². The Morgan fingerprint density at radius 2 is 2.00 bits per heavy atom. The average Bonchev–Trinajstić information content (AvgIpc) is 2.93. The number of aromatic nitrogens is 2. The van der Waals surface area contributed by atoms with E-state index in [0.29, 0.717) is 16.8 Å². The molecule has 0 aliphatic rings. The van der Waals surface area contributed by atoms with E-state index in [2.05, 4.69) is 4.98 Å². The van der Waals surface area contributed by atoms with Crippen molar-refractivity contribution in [3.8, 4) is 17.5 Å². The van der Waals surface area contributed by atoms with Gasteiger partial charge in [-0.05, 0) is 39.2 Å². The minimum Gasteiger partial charge on any atom is -0.508 e. The molecule has 1 radical (unpaired) electrons. The topological polar surface area (TPSA) is 91.3 Å². The summed E-state index contributed by atoms with van der Waals surface area (Å²) in [6.45, 7) is 6.86. The molecule has 1 heterocycles. The smallest absolute Gasteiger partial charge is 0.334 e. The van der Waals surface area contributed by atoms with Gasteiger partial charge in [0.15, 0.2) is 5.69 Å². The predicted molar refractivity (Wildman–Crippen MR) is 86.8 cm³/mol. The standard InChI is InChI=1S/C16H19BN3O3/c1-15(2,22)16(3,4)23-17-13-6-5-12(7-14(13)21)20-9-11(8-18)19-10-20/h5-7,9-10,21-22H,1-4H3. The number of benzene rings is 1. The quantitative estimate of drug-likeness (QED) is 0.811. The summed E-state index contributed by atoms with van der Waals surface area (Å²) in [5.41, 5.74) is -0.384. The van der Waals surface area contributed by atoms with Crippen LogP contribution in [0.25, 0.3) is 5.69 Å². The van der Waals surface area contributed by atoms with Crippen molar-refractivity contribution in [1.29, 1.82) is 5.26 Å². The molecule has 0 saturated heterocycles. The molecule has 0 unspecified atom stereocenters. The second kappa shape index (κ2) is 6.07. The van der Waals surface area contributed by atoms with Gasteiger partial charge in [0.05, 0.1) is 16.9 Å². The van der Waals surface area contributed by atoms with Gasteiger partial charge in [-0.1, -0.05) is 6.07 Å². The second-order valence-corrected chi connectivity index (χ2v) is 6.33. The van der Waals surface area contributed by atoms with Crippen LogP contribution in [-0.4, -0.2) is 38.4 Å². The summed E-state index contributed by atoms with van der Waals surface area (Å²) in [5, 5.41) is 29.0. The van der Waals surface area contributed by atoms with Gasteiger partial charge in [0.25, 0.3) is 0 Å². The fourth-order valence-corrected chi connectivity index (χ4v) is 1.67. The summed E-state index contributed by atoms with van der Waals surface area (Å²) in [6.07, 6.45) is 3.08. The van der Waals surface area contributed by atoms with Gasteiger partial charge in [-0.15, -0.1) is 0 Å². The van der Waals surface area contributed by atoms with Crippen molar-refractivity contribution in [1.82, 2.24) is 9.55 Å². The number of nitriles is 1. The molecule has 23 heavy (non-hydrogen) atoms. The molecule has 0 spiro atoms. The lowest BCUT2D eigenvalue weighted by molar-refractivity contribution is -0.0893. The zero-order chi connectivity index (χ0) is 17.3. The fraction of sp³-hybridized carbons (Fsp3) is 0.375. The molecule has 2 rings (SSSR count). The number of hydrogen-bond donors (Lipinski definition) is 2. The molecule has 2 N–H and O–H groups in total. The number of phenolic OH excluding ortho intramolecular Hbond substituents is 1. The summed E-state index contributed by atoms with van der Waals surface area (Å²) >= 11 is 0. The van der Waals surface area contributed by atoms with Crippen molar-refractivity contribution in [2.75, 3.05) is 0 Å². The van der Waals surface area contributed by atoms with Crippen LogP contribution in [0.5, 0.6) is 5.75 Å². The first-order valence-corrected chi connectivity index (χ1v) is 7.15. The fourth-order valence-electron chi connectivity index (χ4n) is 1.67. The molecule has 1 aromatic heterocycles. The van der Waals surface area contributed by atoms with Crippen LogP contribution in [0.3, 0.4) is 0 Å². The summed E-state index contributed by atoms with van der Waals surface area (Å²) < 4.78 is 7.27. The van der Waals surface area contributed by atoms with E-state index in [4.69, 9.17) is 9.92 Å². The van der Waals surface area contributed by atoms with E-state index < -0.39 is 11.2 Å². The Labute approximate surface area is 136 Å². The third-order valence-corrected chi connectivity index (χ3v) is 3.96. The minimum atomic E-state index is -1.04. The van der Waals surface area contributed by atoms with E-state index in [1.54, 1.807) is 56.7 Å².